The third-order valence-electron chi connectivity index (χ3n) is 2.15. The molecule has 15 heavy (non-hydrogen) atoms. The summed E-state index contributed by atoms with van der Waals surface area (Å²) in [5.41, 5.74) is 1.63. The summed E-state index contributed by atoms with van der Waals surface area (Å²) in [6.07, 6.45) is 1.60. The van der Waals surface area contributed by atoms with Crippen LogP contribution in [-0.2, 0) is 0 Å². The molecule has 1 aromatic carbocycles. The van der Waals surface area contributed by atoms with Crippen molar-refractivity contribution in [2.45, 2.75) is 5.92 Å². The van der Waals surface area contributed by atoms with Crippen molar-refractivity contribution >= 4 is 0 Å². The summed E-state index contributed by atoms with van der Waals surface area (Å²) in [6, 6.07) is 15.4. The number of nitriles is 1. The van der Waals surface area contributed by atoms with Gasteiger partial charge >= 0.3 is 0 Å². The first-order valence-corrected chi connectivity index (χ1v) is 4.64. The third-order valence-corrected chi connectivity index (χ3v) is 2.15. The molecule has 0 saturated carbocycles. The van der Waals surface area contributed by atoms with Crippen LogP contribution in [0.4, 0.5) is 0 Å². The molecule has 0 spiro atoms. The van der Waals surface area contributed by atoms with Crippen molar-refractivity contribution in [3.8, 4) is 6.07 Å². The summed E-state index contributed by atoms with van der Waals surface area (Å²) in [4.78, 5) is 0. The highest BCUT2D eigenvalue weighted by atomic mass is 15.1. The van der Waals surface area contributed by atoms with Gasteiger partial charge in [0.2, 0.25) is 0 Å². The highest BCUT2D eigenvalue weighted by molar-refractivity contribution is 5.33. The molecule has 0 saturated heterocycles. The van der Waals surface area contributed by atoms with E-state index in [9.17, 15) is 0 Å². The van der Waals surface area contributed by atoms with Crippen LogP contribution in [0.2, 0.25) is 0 Å². The van der Waals surface area contributed by atoms with E-state index in [0.29, 0.717) is 5.69 Å². The summed E-state index contributed by atoms with van der Waals surface area (Å²) >= 11 is 0. The molecule has 1 unspecified atom stereocenters. The van der Waals surface area contributed by atoms with Gasteiger partial charge in [0, 0.05) is 6.20 Å². The maximum atomic E-state index is 9.12. The van der Waals surface area contributed by atoms with Crippen LogP contribution < -0.4 is 0 Å². The molecule has 0 amide bonds. The predicted octanol–water partition coefficient (Wildman–Crippen LogP) is 2.13. The molecule has 0 fully saturated rings. The Morgan fingerprint density at radius 2 is 1.87 bits per heavy atom. The topological polar surface area (TPSA) is 49.6 Å². The molecule has 1 atom stereocenters. The Morgan fingerprint density at radius 3 is 2.47 bits per heavy atom. The van der Waals surface area contributed by atoms with E-state index in [0.717, 1.165) is 5.56 Å². The monoisotopic (exact) mass is 195 g/mol. The Balaban J connectivity index is 2.39. The lowest BCUT2D eigenvalue weighted by atomic mass is 9.97. The largest absolute Gasteiger partial charge is 0.197 e. The van der Waals surface area contributed by atoms with Crippen LogP contribution in [0.15, 0.2) is 48.7 Å². The molecule has 2 aromatic rings. The molecule has 0 bridgehead atoms. The smallest absolute Gasteiger partial charge is 0.115 e. The Labute approximate surface area is 88.0 Å². The molecule has 1 aromatic heterocycles. The van der Waals surface area contributed by atoms with Crippen LogP contribution in [0.25, 0.3) is 0 Å². The van der Waals surface area contributed by atoms with E-state index in [1.54, 1.807) is 12.3 Å². The van der Waals surface area contributed by atoms with E-state index in [2.05, 4.69) is 16.3 Å². The zero-order valence-electron chi connectivity index (χ0n) is 8.04. The molecule has 72 valence electrons. The van der Waals surface area contributed by atoms with E-state index in [1.165, 1.54) is 0 Å². The molecule has 0 radical (unpaired) electrons. The van der Waals surface area contributed by atoms with Crippen molar-refractivity contribution in [1.82, 2.24) is 10.2 Å². The summed E-state index contributed by atoms with van der Waals surface area (Å²) < 4.78 is 0. The maximum Gasteiger partial charge on any atom is 0.115 e. The molecule has 0 aliphatic rings. The van der Waals surface area contributed by atoms with Gasteiger partial charge in [-0.15, -0.1) is 0 Å². The van der Waals surface area contributed by atoms with Gasteiger partial charge in [0.15, 0.2) is 0 Å². The number of hydrogen-bond acceptors (Lipinski definition) is 3. The van der Waals surface area contributed by atoms with Gasteiger partial charge in [-0.25, -0.2) is 0 Å². The van der Waals surface area contributed by atoms with Gasteiger partial charge in [-0.3, -0.25) is 0 Å². The van der Waals surface area contributed by atoms with Gasteiger partial charge in [-0.05, 0) is 17.7 Å². The first-order valence-electron chi connectivity index (χ1n) is 4.64. The predicted molar refractivity (Wildman–Crippen MR) is 55.9 cm³/mol. The second-order valence-electron chi connectivity index (χ2n) is 3.12. The van der Waals surface area contributed by atoms with E-state index in [-0.39, 0.29) is 5.92 Å². The number of aromatic nitrogens is 2. The molecular weight excluding hydrogens is 186 g/mol. The number of hydrogen-bond donors (Lipinski definition) is 0. The summed E-state index contributed by atoms with van der Waals surface area (Å²) in [5.74, 6) is -0.333. The Bertz CT molecular complexity index is 420. The second kappa shape index (κ2) is 4.34. The van der Waals surface area contributed by atoms with Gasteiger partial charge < -0.3 is 0 Å². The van der Waals surface area contributed by atoms with Crippen molar-refractivity contribution in [2.75, 3.05) is 0 Å². The minimum Gasteiger partial charge on any atom is -0.197 e. The first-order chi connectivity index (χ1) is 7.42. The fraction of sp³-hybridized carbons (Fsp3) is 0.0833. The van der Waals surface area contributed by atoms with Crippen molar-refractivity contribution in [3.05, 3.63) is 59.9 Å². The minimum atomic E-state index is -0.333. The zero-order chi connectivity index (χ0) is 10.5. The van der Waals surface area contributed by atoms with Crippen LogP contribution in [0.1, 0.15) is 17.2 Å². The summed E-state index contributed by atoms with van der Waals surface area (Å²) in [7, 11) is 0. The van der Waals surface area contributed by atoms with E-state index < -0.39 is 0 Å². The zero-order valence-corrected chi connectivity index (χ0v) is 8.04. The van der Waals surface area contributed by atoms with E-state index in [1.807, 2.05) is 36.4 Å². The molecule has 2 rings (SSSR count). The Morgan fingerprint density at radius 1 is 1.07 bits per heavy atom. The number of nitrogens with zero attached hydrogens (tertiary/aromatic N) is 3. The van der Waals surface area contributed by atoms with Crippen LogP contribution in [0.3, 0.4) is 0 Å². The van der Waals surface area contributed by atoms with Crippen LogP contribution in [0.5, 0.6) is 0 Å². The first kappa shape index (κ1) is 9.35. The van der Waals surface area contributed by atoms with Crippen molar-refractivity contribution < 1.29 is 0 Å². The molecule has 0 aliphatic heterocycles. The average molecular weight is 195 g/mol. The Hall–Kier alpha value is -2.21. The summed E-state index contributed by atoms with van der Waals surface area (Å²) in [5, 5.41) is 16.8. The highest BCUT2D eigenvalue weighted by Crippen LogP contribution is 2.20. The molecular formula is C12H9N3. The van der Waals surface area contributed by atoms with Crippen molar-refractivity contribution in [1.29, 1.82) is 5.26 Å². The van der Waals surface area contributed by atoms with E-state index >= 15 is 0 Å². The fourth-order valence-electron chi connectivity index (χ4n) is 1.42. The number of rotatable bonds is 2. The van der Waals surface area contributed by atoms with Crippen LogP contribution in [0, 0.1) is 11.3 Å². The SMILES string of the molecule is N#CC(c1ccccc1)c1cccnn1. The second-order valence-corrected chi connectivity index (χ2v) is 3.12. The van der Waals surface area contributed by atoms with Gasteiger partial charge in [-0.2, -0.15) is 15.5 Å². The highest BCUT2D eigenvalue weighted by Gasteiger charge is 2.13. The molecule has 0 aliphatic carbocycles. The molecule has 3 nitrogen and oxygen atoms in total. The quantitative estimate of drug-likeness (QED) is 0.737. The average Bonchev–Trinajstić information content (AvgIpc) is 2.33. The van der Waals surface area contributed by atoms with Crippen molar-refractivity contribution in [2.24, 2.45) is 0 Å². The minimum absolute atomic E-state index is 0.333. The third kappa shape index (κ3) is 2.00. The molecule has 1 heterocycles. The summed E-state index contributed by atoms with van der Waals surface area (Å²) in [6.45, 7) is 0. The Kier molecular flexibility index (Phi) is 2.70. The van der Waals surface area contributed by atoms with Crippen molar-refractivity contribution in [3.63, 3.8) is 0 Å². The lowest BCUT2D eigenvalue weighted by molar-refractivity contribution is 0.884. The lowest BCUT2D eigenvalue weighted by Gasteiger charge is -2.06. The van der Waals surface area contributed by atoms with Gasteiger partial charge in [-0.1, -0.05) is 30.3 Å². The van der Waals surface area contributed by atoms with Gasteiger partial charge in [0.1, 0.15) is 5.92 Å². The normalized spacial score (nSPS) is 11.7. The lowest BCUT2D eigenvalue weighted by Crippen LogP contribution is -2.01. The van der Waals surface area contributed by atoms with Crippen LogP contribution >= 0.6 is 0 Å². The molecule has 0 N–H and O–H groups in total. The standard InChI is InChI=1S/C12H9N3/c13-9-11(10-5-2-1-3-6-10)12-7-4-8-14-15-12/h1-8,11H. The van der Waals surface area contributed by atoms with Gasteiger partial charge in [0.05, 0.1) is 11.8 Å². The fourth-order valence-corrected chi connectivity index (χ4v) is 1.42. The van der Waals surface area contributed by atoms with Crippen LogP contribution in [-0.4, -0.2) is 10.2 Å². The number of benzene rings is 1. The van der Waals surface area contributed by atoms with E-state index in [4.69, 9.17) is 5.26 Å². The molecule has 3 heteroatoms. The maximum absolute atomic E-state index is 9.12. The van der Waals surface area contributed by atoms with Gasteiger partial charge in [0.25, 0.3) is 0 Å².